The van der Waals surface area contributed by atoms with E-state index in [4.69, 9.17) is 26.1 Å². The fraction of sp³-hybridized carbons (Fsp3) is 0.452. The Morgan fingerprint density at radius 2 is 1.73 bits per heavy atom. The molecule has 2 aliphatic rings. The van der Waals surface area contributed by atoms with Crippen molar-refractivity contribution in [3.63, 3.8) is 0 Å². The van der Waals surface area contributed by atoms with Gasteiger partial charge in [-0.25, -0.2) is 4.79 Å². The molecule has 3 heterocycles. The highest BCUT2D eigenvalue weighted by molar-refractivity contribution is 6.30. The fourth-order valence-electron chi connectivity index (χ4n) is 5.44. The molecule has 1 unspecified atom stereocenters. The largest absolute Gasteiger partial charge is 0.497 e. The summed E-state index contributed by atoms with van der Waals surface area (Å²) in [7, 11) is 1.63. The van der Waals surface area contributed by atoms with Crippen LogP contribution >= 0.6 is 11.6 Å². The molecule has 9 nitrogen and oxygen atoms in total. The number of hydrogen-bond donors (Lipinski definition) is 0. The molecule has 0 radical (unpaired) electrons. The number of carbonyl (C=O) groups excluding carboxylic acids is 2. The van der Waals surface area contributed by atoms with E-state index >= 15 is 0 Å². The molecule has 10 heteroatoms. The summed E-state index contributed by atoms with van der Waals surface area (Å²) in [6.45, 7) is 8.65. The molecule has 0 saturated carbocycles. The van der Waals surface area contributed by atoms with Gasteiger partial charge in [-0.2, -0.15) is 0 Å². The maximum absolute atomic E-state index is 13.5. The number of ether oxygens (including phenoxy) is 2. The molecule has 1 aromatic heterocycles. The van der Waals surface area contributed by atoms with Crippen LogP contribution in [0.2, 0.25) is 5.02 Å². The number of nitrogens with zero attached hydrogens (tertiary/aromatic N) is 5. The Kier molecular flexibility index (Phi) is 8.18. The van der Waals surface area contributed by atoms with Gasteiger partial charge in [-0.15, -0.1) is 10.2 Å². The molecule has 1 atom stereocenters. The van der Waals surface area contributed by atoms with Gasteiger partial charge in [0.05, 0.1) is 18.5 Å². The van der Waals surface area contributed by atoms with Crippen molar-refractivity contribution >= 4 is 29.2 Å². The Labute approximate surface area is 245 Å². The lowest BCUT2D eigenvalue weighted by Crippen LogP contribution is -2.42. The first-order chi connectivity index (χ1) is 19.5. The number of halogens is 1. The van der Waals surface area contributed by atoms with E-state index in [-0.39, 0.29) is 24.2 Å². The molecule has 1 amide bonds. The average molecular weight is 578 g/mol. The van der Waals surface area contributed by atoms with E-state index in [0.717, 1.165) is 35.4 Å². The summed E-state index contributed by atoms with van der Waals surface area (Å²) in [6, 6.07) is 12.8. The molecule has 1 saturated heterocycles. The Bertz CT molecular complexity index is 1470. The fourth-order valence-corrected chi connectivity index (χ4v) is 5.57. The van der Waals surface area contributed by atoms with Gasteiger partial charge >= 0.3 is 6.09 Å². The second-order valence-corrected chi connectivity index (χ2v) is 12.1. The van der Waals surface area contributed by atoms with Crippen LogP contribution in [0.4, 0.5) is 4.79 Å². The molecule has 1 fully saturated rings. The van der Waals surface area contributed by atoms with E-state index < -0.39 is 11.6 Å². The molecule has 0 N–H and O–H groups in total. The minimum atomic E-state index is -0.530. The highest BCUT2D eigenvalue weighted by Crippen LogP contribution is 2.35. The maximum Gasteiger partial charge on any atom is 0.410 e. The molecule has 216 valence electrons. The van der Waals surface area contributed by atoms with Gasteiger partial charge < -0.3 is 14.4 Å². The van der Waals surface area contributed by atoms with E-state index in [0.29, 0.717) is 41.9 Å². The van der Waals surface area contributed by atoms with Crippen molar-refractivity contribution < 1.29 is 19.1 Å². The van der Waals surface area contributed by atoms with Crippen LogP contribution in [0.1, 0.15) is 75.3 Å². The number of hydrogen-bond acceptors (Lipinski definition) is 7. The number of ketones is 1. The van der Waals surface area contributed by atoms with Gasteiger partial charge in [-0.3, -0.25) is 14.4 Å². The van der Waals surface area contributed by atoms with E-state index in [2.05, 4.69) is 10.2 Å². The summed E-state index contributed by atoms with van der Waals surface area (Å²) in [6.07, 6.45) is 1.85. The smallest absolute Gasteiger partial charge is 0.410 e. The summed E-state index contributed by atoms with van der Waals surface area (Å²) in [5.74, 6) is 2.36. The number of aryl methyl sites for hydroxylation is 1. The molecule has 0 spiro atoms. The number of Topliss-reactive ketones (excluding diaryl/α,β-unsaturated/α-hetero) is 1. The lowest BCUT2D eigenvalue weighted by atomic mass is 9.90. The summed E-state index contributed by atoms with van der Waals surface area (Å²) in [5.41, 5.74) is 2.83. The second-order valence-electron chi connectivity index (χ2n) is 11.7. The van der Waals surface area contributed by atoms with Crippen molar-refractivity contribution in [3.8, 4) is 11.4 Å². The van der Waals surface area contributed by atoms with E-state index in [1.54, 1.807) is 12.0 Å². The third-order valence-electron chi connectivity index (χ3n) is 7.45. The second kappa shape index (κ2) is 11.6. The number of benzene rings is 2. The number of piperidine rings is 1. The molecule has 0 bridgehead atoms. The van der Waals surface area contributed by atoms with Gasteiger partial charge in [0.15, 0.2) is 5.82 Å². The predicted octanol–water partition coefficient (Wildman–Crippen LogP) is 6.13. The molecule has 0 aliphatic carbocycles. The van der Waals surface area contributed by atoms with Gasteiger partial charge in [0, 0.05) is 42.1 Å². The normalized spacial score (nSPS) is 17.3. The number of rotatable bonds is 6. The Balaban J connectivity index is 1.39. The molecular weight excluding hydrogens is 542 g/mol. The van der Waals surface area contributed by atoms with Crippen LogP contribution in [0.25, 0.3) is 5.69 Å². The van der Waals surface area contributed by atoms with E-state index in [1.165, 1.54) is 0 Å². The topological polar surface area (TPSA) is 98.9 Å². The first kappa shape index (κ1) is 28.8. The van der Waals surface area contributed by atoms with Gasteiger partial charge in [0.2, 0.25) is 0 Å². The monoisotopic (exact) mass is 577 g/mol. The Morgan fingerprint density at radius 1 is 1.02 bits per heavy atom. The summed E-state index contributed by atoms with van der Waals surface area (Å²) < 4.78 is 13.0. The standard InChI is InChI=1S/C31H36ClN5O4/c1-19-34-35-29-26(17-23(38)16-20-12-14-36(15-13-20)30(39)41-31(2,3)4)33-28(21-6-8-22(32)9-7-21)25-18-24(40-5)10-11-27(25)37(19)29/h6-11,18,20,26H,12-17H2,1-5H3. The number of carbonyl (C=O) groups is 2. The minimum Gasteiger partial charge on any atom is -0.497 e. The minimum absolute atomic E-state index is 0.112. The quantitative estimate of drug-likeness (QED) is 0.350. The van der Waals surface area contributed by atoms with Crippen molar-refractivity contribution in [2.75, 3.05) is 20.2 Å². The zero-order valence-corrected chi connectivity index (χ0v) is 24.9. The predicted molar refractivity (Wildman–Crippen MR) is 157 cm³/mol. The number of methoxy groups -OCH3 is 1. The van der Waals surface area contributed by atoms with Crippen LogP contribution in [-0.2, 0) is 9.53 Å². The van der Waals surface area contributed by atoms with Crippen molar-refractivity contribution in [2.45, 2.75) is 65.0 Å². The van der Waals surface area contributed by atoms with Gasteiger partial charge in [-0.1, -0.05) is 23.7 Å². The first-order valence-electron chi connectivity index (χ1n) is 14.0. The van der Waals surface area contributed by atoms with Gasteiger partial charge in [-0.05, 0) is 76.8 Å². The third kappa shape index (κ3) is 6.45. The molecule has 41 heavy (non-hydrogen) atoms. The molecule has 5 rings (SSSR count). The van der Waals surface area contributed by atoms with Crippen LogP contribution in [0.15, 0.2) is 47.5 Å². The number of likely N-dealkylation sites (tertiary alicyclic amines) is 1. The molecule has 2 aliphatic heterocycles. The third-order valence-corrected chi connectivity index (χ3v) is 7.71. The van der Waals surface area contributed by atoms with E-state index in [9.17, 15) is 9.59 Å². The maximum atomic E-state index is 13.5. The summed E-state index contributed by atoms with van der Waals surface area (Å²) >= 11 is 6.20. The highest BCUT2D eigenvalue weighted by atomic mass is 35.5. The summed E-state index contributed by atoms with van der Waals surface area (Å²) in [4.78, 5) is 32.8. The van der Waals surface area contributed by atoms with Crippen molar-refractivity contribution in [3.05, 3.63) is 70.3 Å². The Morgan fingerprint density at radius 3 is 2.39 bits per heavy atom. The number of amides is 1. The van der Waals surface area contributed by atoms with Crippen LogP contribution in [0.5, 0.6) is 5.75 Å². The highest BCUT2D eigenvalue weighted by Gasteiger charge is 2.32. The van der Waals surface area contributed by atoms with Gasteiger partial charge in [0.25, 0.3) is 0 Å². The number of aromatic nitrogens is 3. The number of fused-ring (bicyclic) bond motifs is 3. The zero-order chi connectivity index (χ0) is 29.3. The SMILES string of the molecule is COc1ccc2c(c1)C(c1ccc(Cl)cc1)=NC(CC(=O)CC1CCN(C(=O)OC(C)(C)C)CC1)c1nnc(C)n1-2. The van der Waals surface area contributed by atoms with Crippen molar-refractivity contribution in [1.29, 1.82) is 0 Å². The molecule has 2 aromatic carbocycles. The van der Waals surface area contributed by atoms with Gasteiger partial charge in [0.1, 0.15) is 29.0 Å². The van der Waals surface area contributed by atoms with Crippen LogP contribution in [0.3, 0.4) is 0 Å². The molecule has 3 aromatic rings. The van der Waals surface area contributed by atoms with Crippen LogP contribution in [-0.4, -0.2) is 63.1 Å². The van der Waals surface area contributed by atoms with Crippen LogP contribution < -0.4 is 4.74 Å². The lowest BCUT2D eigenvalue weighted by molar-refractivity contribution is -0.120. The van der Waals surface area contributed by atoms with Crippen LogP contribution in [0, 0.1) is 12.8 Å². The molecular formula is C31H36ClN5O4. The summed E-state index contributed by atoms with van der Waals surface area (Å²) in [5, 5.41) is 9.46. The number of aliphatic imine (C=N–C) groups is 1. The zero-order valence-electron chi connectivity index (χ0n) is 24.2. The van der Waals surface area contributed by atoms with Crippen molar-refractivity contribution in [1.82, 2.24) is 19.7 Å². The Hall–Kier alpha value is -3.72. The first-order valence-corrected chi connectivity index (χ1v) is 14.3. The average Bonchev–Trinajstić information content (AvgIpc) is 3.25. The van der Waals surface area contributed by atoms with Crippen molar-refractivity contribution in [2.24, 2.45) is 10.9 Å². The van der Waals surface area contributed by atoms with E-state index in [1.807, 2.05) is 74.7 Å². The lowest BCUT2D eigenvalue weighted by Gasteiger charge is -2.33.